The standard InChI is InChI=1S/C30H36N10O4/c1-30(2,3)44-29(42)39-13-10-23(11-14-39)40-27-24(36-37-40)26(38-15-17-43-18-16-38)34-25(35-27)20-6-8-21(9-7-20)32-28(41)33-22-5-4-12-31-19-22/h4-9,12,19,23H,10-11,13-18H2,1-3H3,(H2,32,33,41). The smallest absolute Gasteiger partial charge is 0.410 e. The molecule has 5 heterocycles. The molecule has 2 fully saturated rings. The molecule has 14 nitrogen and oxygen atoms in total. The number of urea groups is 1. The largest absolute Gasteiger partial charge is 0.444 e. The lowest BCUT2D eigenvalue weighted by atomic mass is 10.1. The molecule has 2 aliphatic rings. The highest BCUT2D eigenvalue weighted by Crippen LogP contribution is 2.31. The van der Waals surface area contributed by atoms with E-state index in [4.69, 9.17) is 19.4 Å². The summed E-state index contributed by atoms with van der Waals surface area (Å²) >= 11 is 0. The Labute approximate surface area is 254 Å². The van der Waals surface area contributed by atoms with Crippen LogP contribution in [0.15, 0.2) is 48.8 Å². The molecule has 0 bridgehead atoms. The number of nitrogens with zero attached hydrogens (tertiary/aromatic N) is 8. The summed E-state index contributed by atoms with van der Waals surface area (Å²) in [4.78, 5) is 42.8. The average molecular weight is 601 g/mol. The lowest BCUT2D eigenvalue weighted by Crippen LogP contribution is -2.42. The van der Waals surface area contributed by atoms with Gasteiger partial charge >= 0.3 is 12.1 Å². The summed E-state index contributed by atoms with van der Waals surface area (Å²) in [5, 5.41) is 14.6. The van der Waals surface area contributed by atoms with Gasteiger partial charge in [-0.3, -0.25) is 4.98 Å². The number of hydrogen-bond acceptors (Lipinski definition) is 10. The number of anilines is 3. The third-order valence-electron chi connectivity index (χ3n) is 7.40. The van der Waals surface area contributed by atoms with Crippen molar-refractivity contribution in [2.45, 2.75) is 45.3 Å². The van der Waals surface area contributed by atoms with Crippen molar-refractivity contribution in [3.63, 3.8) is 0 Å². The molecular formula is C30H36N10O4. The molecule has 6 rings (SSSR count). The highest BCUT2D eigenvalue weighted by molar-refractivity contribution is 5.99. The minimum absolute atomic E-state index is 0.0175. The Balaban J connectivity index is 1.24. The summed E-state index contributed by atoms with van der Waals surface area (Å²) in [5.41, 5.74) is 2.74. The zero-order valence-corrected chi connectivity index (χ0v) is 25.1. The van der Waals surface area contributed by atoms with E-state index in [-0.39, 0.29) is 18.2 Å². The molecule has 0 aliphatic carbocycles. The number of morpholine rings is 1. The second-order valence-corrected chi connectivity index (χ2v) is 11.8. The van der Waals surface area contributed by atoms with Gasteiger partial charge in [0.15, 0.2) is 22.8 Å². The number of carbonyl (C=O) groups excluding carboxylic acids is 2. The van der Waals surface area contributed by atoms with Crippen LogP contribution in [0.25, 0.3) is 22.6 Å². The highest BCUT2D eigenvalue weighted by atomic mass is 16.6. The van der Waals surface area contributed by atoms with E-state index in [1.807, 2.05) is 49.7 Å². The first-order valence-electron chi connectivity index (χ1n) is 14.8. The number of hydrogen-bond donors (Lipinski definition) is 2. The molecule has 4 aromatic rings. The number of amides is 3. The Hall–Kier alpha value is -4.85. The summed E-state index contributed by atoms with van der Waals surface area (Å²) < 4.78 is 13.0. The highest BCUT2D eigenvalue weighted by Gasteiger charge is 2.30. The van der Waals surface area contributed by atoms with Crippen LogP contribution in [0.5, 0.6) is 0 Å². The van der Waals surface area contributed by atoms with Crippen LogP contribution < -0.4 is 15.5 Å². The maximum atomic E-state index is 12.6. The summed E-state index contributed by atoms with van der Waals surface area (Å²) in [6, 6.07) is 10.5. The van der Waals surface area contributed by atoms with Gasteiger partial charge in [0, 0.05) is 43.6 Å². The maximum absolute atomic E-state index is 12.6. The van der Waals surface area contributed by atoms with Gasteiger partial charge in [-0.1, -0.05) is 5.21 Å². The first kappa shape index (κ1) is 29.2. The second-order valence-electron chi connectivity index (χ2n) is 11.8. The van der Waals surface area contributed by atoms with E-state index < -0.39 is 5.60 Å². The van der Waals surface area contributed by atoms with Gasteiger partial charge in [0.1, 0.15) is 5.60 Å². The topological polar surface area (TPSA) is 153 Å². The molecule has 230 valence electrons. The molecule has 0 spiro atoms. The molecule has 14 heteroatoms. The van der Waals surface area contributed by atoms with E-state index >= 15 is 0 Å². The summed E-state index contributed by atoms with van der Waals surface area (Å²) in [6.07, 6.45) is 4.32. The quantitative estimate of drug-likeness (QED) is 0.338. The molecule has 0 radical (unpaired) electrons. The van der Waals surface area contributed by atoms with Gasteiger partial charge in [-0.05, 0) is 70.0 Å². The lowest BCUT2D eigenvalue weighted by Gasteiger charge is -2.33. The number of piperidine rings is 1. The fourth-order valence-electron chi connectivity index (χ4n) is 5.24. The van der Waals surface area contributed by atoms with Crippen molar-refractivity contribution >= 4 is 40.5 Å². The normalized spacial score (nSPS) is 16.2. The van der Waals surface area contributed by atoms with E-state index in [9.17, 15) is 9.59 Å². The van der Waals surface area contributed by atoms with Gasteiger partial charge in [0.25, 0.3) is 0 Å². The molecule has 1 aromatic carbocycles. The van der Waals surface area contributed by atoms with Crippen LogP contribution in [0.3, 0.4) is 0 Å². The van der Waals surface area contributed by atoms with Gasteiger partial charge < -0.3 is 29.9 Å². The van der Waals surface area contributed by atoms with Crippen molar-refractivity contribution in [3.8, 4) is 11.4 Å². The van der Waals surface area contributed by atoms with Crippen LogP contribution >= 0.6 is 0 Å². The van der Waals surface area contributed by atoms with Crippen LogP contribution in [-0.4, -0.2) is 92.0 Å². The van der Waals surface area contributed by atoms with Crippen molar-refractivity contribution < 1.29 is 19.1 Å². The third kappa shape index (κ3) is 6.70. The minimum Gasteiger partial charge on any atom is -0.444 e. The Kier molecular flexibility index (Phi) is 8.24. The third-order valence-corrected chi connectivity index (χ3v) is 7.40. The van der Waals surface area contributed by atoms with Crippen LogP contribution in [0.4, 0.5) is 26.8 Å². The van der Waals surface area contributed by atoms with Crippen molar-refractivity contribution in [1.82, 2.24) is 34.8 Å². The second kappa shape index (κ2) is 12.4. The lowest BCUT2D eigenvalue weighted by molar-refractivity contribution is 0.0185. The maximum Gasteiger partial charge on any atom is 0.410 e. The molecule has 3 aromatic heterocycles. The van der Waals surface area contributed by atoms with Crippen molar-refractivity contribution in [3.05, 3.63) is 48.8 Å². The number of ether oxygens (including phenoxy) is 2. The Morgan fingerprint density at radius 1 is 0.955 bits per heavy atom. The first-order chi connectivity index (χ1) is 21.2. The zero-order valence-electron chi connectivity index (χ0n) is 25.1. The molecule has 44 heavy (non-hydrogen) atoms. The number of nitrogens with one attached hydrogen (secondary N) is 2. The molecular weight excluding hydrogens is 564 g/mol. The van der Waals surface area contributed by atoms with Gasteiger partial charge in [-0.2, -0.15) is 0 Å². The van der Waals surface area contributed by atoms with E-state index in [1.165, 1.54) is 0 Å². The molecule has 2 N–H and O–H groups in total. The predicted molar refractivity (Wildman–Crippen MR) is 165 cm³/mol. The van der Waals surface area contributed by atoms with Crippen LogP contribution in [-0.2, 0) is 9.47 Å². The van der Waals surface area contributed by atoms with Crippen molar-refractivity contribution in [2.24, 2.45) is 0 Å². The minimum atomic E-state index is -0.542. The first-order valence-corrected chi connectivity index (χ1v) is 14.8. The van der Waals surface area contributed by atoms with Gasteiger partial charge in [0.05, 0.1) is 31.1 Å². The van der Waals surface area contributed by atoms with Gasteiger partial charge in [-0.15, -0.1) is 5.10 Å². The molecule has 0 atom stereocenters. The SMILES string of the molecule is CC(C)(C)OC(=O)N1CCC(n2nnc3c(N4CCOCC4)nc(-c4ccc(NC(=O)Nc5cccnc5)cc4)nc32)CC1. The monoisotopic (exact) mass is 600 g/mol. The van der Waals surface area contributed by atoms with E-state index in [0.29, 0.717) is 86.4 Å². The molecule has 3 amide bonds. The van der Waals surface area contributed by atoms with E-state index in [1.54, 1.807) is 29.4 Å². The Morgan fingerprint density at radius 3 is 2.36 bits per heavy atom. The number of carbonyl (C=O) groups is 2. The molecule has 0 unspecified atom stereocenters. The summed E-state index contributed by atoms with van der Waals surface area (Å²) in [7, 11) is 0. The predicted octanol–water partition coefficient (Wildman–Crippen LogP) is 4.34. The molecule has 0 saturated carbocycles. The van der Waals surface area contributed by atoms with Gasteiger partial charge in [0.2, 0.25) is 0 Å². The van der Waals surface area contributed by atoms with Gasteiger partial charge in [-0.25, -0.2) is 24.2 Å². The summed E-state index contributed by atoms with van der Waals surface area (Å²) in [6.45, 7) is 9.27. The Bertz CT molecular complexity index is 1610. The molecule has 2 aliphatic heterocycles. The van der Waals surface area contributed by atoms with Crippen LogP contribution in [0, 0.1) is 0 Å². The fraction of sp³-hybridized carbons (Fsp3) is 0.433. The summed E-state index contributed by atoms with van der Waals surface area (Å²) in [5.74, 6) is 1.24. The average Bonchev–Trinajstić information content (AvgIpc) is 3.45. The number of benzene rings is 1. The number of fused-ring (bicyclic) bond motifs is 1. The number of aromatic nitrogens is 6. The fourth-order valence-corrected chi connectivity index (χ4v) is 5.24. The van der Waals surface area contributed by atoms with Crippen molar-refractivity contribution in [1.29, 1.82) is 0 Å². The number of rotatable bonds is 5. The number of pyridine rings is 1. The Morgan fingerprint density at radius 2 is 1.68 bits per heavy atom. The van der Waals surface area contributed by atoms with E-state index in [2.05, 4.69) is 30.8 Å². The van der Waals surface area contributed by atoms with Crippen LogP contribution in [0.1, 0.15) is 39.7 Å². The number of likely N-dealkylation sites (tertiary alicyclic amines) is 1. The van der Waals surface area contributed by atoms with E-state index in [0.717, 1.165) is 5.56 Å². The molecule has 2 saturated heterocycles. The zero-order chi connectivity index (χ0) is 30.7. The van der Waals surface area contributed by atoms with Crippen molar-refractivity contribution in [2.75, 3.05) is 54.9 Å². The van der Waals surface area contributed by atoms with Crippen LogP contribution in [0.2, 0.25) is 0 Å².